The molecule has 0 saturated carbocycles. The summed E-state index contributed by atoms with van der Waals surface area (Å²) < 4.78 is 11.4. The van der Waals surface area contributed by atoms with Gasteiger partial charge in [0.2, 0.25) is 0 Å². The van der Waals surface area contributed by atoms with Crippen LogP contribution in [0.2, 0.25) is 0 Å². The first-order valence-electron chi connectivity index (χ1n) is 5.61. The van der Waals surface area contributed by atoms with Crippen molar-refractivity contribution < 1.29 is 9.15 Å². The normalized spacial score (nSPS) is 37.5. The maximum absolute atomic E-state index is 5.98. The van der Waals surface area contributed by atoms with E-state index in [1.165, 1.54) is 0 Å². The molecular weight excluding hydrogens is 190 g/mol. The Morgan fingerprint density at radius 3 is 2.80 bits per heavy atom. The van der Waals surface area contributed by atoms with Gasteiger partial charge in [-0.3, -0.25) is 0 Å². The average Bonchev–Trinajstić information content (AvgIpc) is 2.62. The number of rotatable bonds is 1. The highest BCUT2D eigenvalue weighted by molar-refractivity contribution is 5.06. The molecule has 1 aliphatic rings. The van der Waals surface area contributed by atoms with Crippen molar-refractivity contribution in [2.45, 2.75) is 51.5 Å². The van der Waals surface area contributed by atoms with Crippen molar-refractivity contribution in [3.63, 3.8) is 0 Å². The molecular formula is C12H19NO2. The molecule has 1 aromatic heterocycles. The zero-order valence-electron chi connectivity index (χ0n) is 9.57. The van der Waals surface area contributed by atoms with E-state index >= 15 is 0 Å². The smallest absolute Gasteiger partial charge is 0.134 e. The van der Waals surface area contributed by atoms with Crippen molar-refractivity contribution in [2.75, 3.05) is 0 Å². The number of furan rings is 1. The molecule has 3 heteroatoms. The number of ether oxygens (including phenoxy) is 1. The van der Waals surface area contributed by atoms with Gasteiger partial charge in [-0.1, -0.05) is 0 Å². The molecule has 1 fully saturated rings. The molecule has 2 heterocycles. The van der Waals surface area contributed by atoms with Crippen LogP contribution in [0.3, 0.4) is 0 Å². The van der Waals surface area contributed by atoms with Gasteiger partial charge in [-0.2, -0.15) is 0 Å². The summed E-state index contributed by atoms with van der Waals surface area (Å²) in [5.41, 5.74) is 0. The number of nitrogens with one attached hydrogen (secondary N) is 1. The molecule has 0 bridgehead atoms. The molecule has 1 aliphatic heterocycles. The zero-order chi connectivity index (χ0) is 10.8. The zero-order valence-corrected chi connectivity index (χ0v) is 9.57. The molecule has 3 nitrogen and oxygen atoms in total. The van der Waals surface area contributed by atoms with E-state index in [1.54, 1.807) is 6.26 Å². The molecule has 84 valence electrons. The summed E-state index contributed by atoms with van der Waals surface area (Å²) in [6.45, 7) is 6.45. The van der Waals surface area contributed by atoms with Crippen LogP contribution in [0.25, 0.3) is 0 Å². The molecule has 0 aromatic carbocycles. The van der Waals surface area contributed by atoms with Crippen molar-refractivity contribution in [1.29, 1.82) is 0 Å². The third-order valence-corrected chi connectivity index (χ3v) is 2.89. The van der Waals surface area contributed by atoms with Crippen molar-refractivity contribution >= 4 is 0 Å². The van der Waals surface area contributed by atoms with Crippen LogP contribution < -0.4 is 5.32 Å². The topological polar surface area (TPSA) is 34.4 Å². The quantitative estimate of drug-likeness (QED) is 0.771. The Bertz CT molecular complexity index is 297. The fraction of sp³-hybridized carbons (Fsp3) is 0.667. The highest BCUT2D eigenvalue weighted by Crippen LogP contribution is 2.27. The third-order valence-electron chi connectivity index (χ3n) is 2.89. The summed E-state index contributed by atoms with van der Waals surface area (Å²) in [4.78, 5) is 0. The summed E-state index contributed by atoms with van der Waals surface area (Å²) in [5.74, 6) is 0.913. The van der Waals surface area contributed by atoms with Crippen LogP contribution in [0.5, 0.6) is 0 Å². The first-order valence-corrected chi connectivity index (χ1v) is 5.61. The Kier molecular flexibility index (Phi) is 3.12. The molecule has 4 unspecified atom stereocenters. The Labute approximate surface area is 90.8 Å². The minimum Gasteiger partial charge on any atom is -0.467 e. The van der Waals surface area contributed by atoms with Crippen LogP contribution >= 0.6 is 0 Å². The monoisotopic (exact) mass is 209 g/mol. The van der Waals surface area contributed by atoms with Crippen LogP contribution in [0.1, 0.15) is 39.1 Å². The summed E-state index contributed by atoms with van der Waals surface area (Å²) >= 11 is 0. The van der Waals surface area contributed by atoms with Gasteiger partial charge in [0.1, 0.15) is 11.9 Å². The van der Waals surface area contributed by atoms with Gasteiger partial charge in [0.15, 0.2) is 0 Å². The van der Waals surface area contributed by atoms with Gasteiger partial charge in [0.25, 0.3) is 0 Å². The highest BCUT2D eigenvalue weighted by Gasteiger charge is 2.29. The predicted octanol–water partition coefficient (Wildman–Crippen LogP) is 2.50. The van der Waals surface area contributed by atoms with E-state index in [2.05, 4.69) is 26.1 Å². The highest BCUT2D eigenvalue weighted by atomic mass is 16.5. The lowest BCUT2D eigenvalue weighted by molar-refractivity contribution is -0.0193. The summed E-state index contributed by atoms with van der Waals surface area (Å²) in [7, 11) is 0. The minimum absolute atomic E-state index is 0.0277. The van der Waals surface area contributed by atoms with Crippen molar-refractivity contribution in [2.24, 2.45) is 0 Å². The Hall–Kier alpha value is -0.800. The maximum atomic E-state index is 5.98. The van der Waals surface area contributed by atoms with Gasteiger partial charge in [-0.25, -0.2) is 0 Å². The molecule has 0 spiro atoms. The van der Waals surface area contributed by atoms with E-state index < -0.39 is 0 Å². The minimum atomic E-state index is 0.0277. The van der Waals surface area contributed by atoms with E-state index in [1.807, 2.05) is 12.1 Å². The fourth-order valence-electron chi connectivity index (χ4n) is 2.29. The first-order chi connectivity index (χ1) is 7.16. The van der Waals surface area contributed by atoms with Gasteiger partial charge in [-0.05, 0) is 39.3 Å². The molecule has 0 amide bonds. The summed E-state index contributed by atoms with van der Waals surface area (Å²) in [6, 6.07) is 4.67. The molecule has 0 radical (unpaired) electrons. The van der Waals surface area contributed by atoms with Crippen LogP contribution in [-0.4, -0.2) is 18.2 Å². The van der Waals surface area contributed by atoms with Gasteiger partial charge in [0, 0.05) is 12.1 Å². The van der Waals surface area contributed by atoms with E-state index in [0.717, 1.165) is 12.2 Å². The lowest BCUT2D eigenvalue weighted by Gasteiger charge is -2.22. The second-order valence-electron chi connectivity index (χ2n) is 4.47. The molecule has 0 aliphatic carbocycles. The summed E-state index contributed by atoms with van der Waals surface area (Å²) in [6.07, 6.45) is 3.04. The Morgan fingerprint density at radius 1 is 1.33 bits per heavy atom. The maximum Gasteiger partial charge on any atom is 0.134 e. The molecule has 1 N–H and O–H groups in total. The van der Waals surface area contributed by atoms with Crippen LogP contribution in [0.4, 0.5) is 0 Å². The van der Waals surface area contributed by atoms with E-state index in [9.17, 15) is 0 Å². The standard InChI is InChI=1S/C12H19NO2/c1-8-7-9(2)15-12(10(3)13-8)11-5-4-6-14-11/h4-6,8-10,12-13H,7H2,1-3H3. The Balaban J connectivity index is 2.16. The van der Waals surface area contributed by atoms with Crippen LogP contribution in [-0.2, 0) is 4.74 Å². The number of hydrogen-bond acceptors (Lipinski definition) is 3. The van der Waals surface area contributed by atoms with Crippen molar-refractivity contribution in [3.8, 4) is 0 Å². The van der Waals surface area contributed by atoms with Crippen molar-refractivity contribution in [3.05, 3.63) is 24.2 Å². The molecule has 15 heavy (non-hydrogen) atoms. The predicted molar refractivity (Wildman–Crippen MR) is 58.7 cm³/mol. The molecule has 4 atom stereocenters. The lowest BCUT2D eigenvalue weighted by atomic mass is 10.1. The van der Waals surface area contributed by atoms with Gasteiger partial charge in [0.05, 0.1) is 12.4 Å². The first kappa shape index (κ1) is 10.7. The summed E-state index contributed by atoms with van der Waals surface area (Å²) in [5, 5.41) is 3.53. The van der Waals surface area contributed by atoms with Gasteiger partial charge >= 0.3 is 0 Å². The van der Waals surface area contributed by atoms with E-state index in [0.29, 0.717) is 6.04 Å². The second kappa shape index (κ2) is 4.37. The van der Waals surface area contributed by atoms with Gasteiger partial charge < -0.3 is 14.5 Å². The van der Waals surface area contributed by atoms with E-state index in [-0.39, 0.29) is 18.2 Å². The Morgan fingerprint density at radius 2 is 2.13 bits per heavy atom. The van der Waals surface area contributed by atoms with Crippen molar-refractivity contribution in [1.82, 2.24) is 5.32 Å². The number of hydrogen-bond donors (Lipinski definition) is 1. The third kappa shape index (κ3) is 2.41. The molecule has 2 rings (SSSR count). The van der Waals surface area contributed by atoms with Gasteiger partial charge in [-0.15, -0.1) is 0 Å². The van der Waals surface area contributed by atoms with E-state index in [4.69, 9.17) is 9.15 Å². The average molecular weight is 209 g/mol. The largest absolute Gasteiger partial charge is 0.467 e. The van der Waals surface area contributed by atoms with Crippen LogP contribution in [0.15, 0.2) is 22.8 Å². The molecule has 1 aromatic rings. The molecule has 1 saturated heterocycles. The second-order valence-corrected chi connectivity index (χ2v) is 4.47. The fourth-order valence-corrected chi connectivity index (χ4v) is 2.29. The lowest BCUT2D eigenvalue weighted by Crippen LogP contribution is -2.36. The SMILES string of the molecule is CC1CC(C)OC(c2ccco2)C(C)N1. The van der Waals surface area contributed by atoms with Crippen LogP contribution in [0, 0.1) is 0 Å².